The molecule has 0 unspecified atom stereocenters. The number of anilines is 1. The summed E-state index contributed by atoms with van der Waals surface area (Å²) in [6, 6.07) is 6.53. The van der Waals surface area contributed by atoms with Crippen LogP contribution in [0.3, 0.4) is 0 Å². The minimum Gasteiger partial charge on any atom is -0.481 e. The van der Waals surface area contributed by atoms with Crippen molar-refractivity contribution in [1.29, 1.82) is 0 Å². The molecule has 2 amide bonds. The Bertz CT molecular complexity index is 477. The van der Waals surface area contributed by atoms with Crippen LogP contribution in [0.5, 0.6) is 0 Å². The Morgan fingerprint density at radius 3 is 2.80 bits per heavy atom. The van der Waals surface area contributed by atoms with Crippen LogP contribution in [0.2, 0.25) is 0 Å². The molecular weight excluding hydrogens is 276 g/mol. The molecule has 0 fully saturated rings. The molecular formula is C14H18N2O3S. The Labute approximate surface area is 122 Å². The summed E-state index contributed by atoms with van der Waals surface area (Å²) >= 11 is 1.67. The maximum absolute atomic E-state index is 11.7. The van der Waals surface area contributed by atoms with Crippen LogP contribution >= 0.6 is 11.8 Å². The lowest BCUT2D eigenvalue weighted by atomic mass is 10.1. The highest BCUT2D eigenvalue weighted by Gasteiger charge is 2.08. The summed E-state index contributed by atoms with van der Waals surface area (Å²) < 4.78 is 0. The van der Waals surface area contributed by atoms with Crippen LogP contribution in [-0.4, -0.2) is 35.2 Å². The Kier molecular flexibility index (Phi) is 7.27. The Morgan fingerprint density at radius 1 is 1.35 bits per heavy atom. The van der Waals surface area contributed by atoms with Gasteiger partial charge >= 0.3 is 12.0 Å². The molecule has 0 heterocycles. The maximum atomic E-state index is 11.7. The van der Waals surface area contributed by atoms with Crippen molar-refractivity contribution in [2.75, 3.05) is 23.4 Å². The lowest BCUT2D eigenvalue weighted by molar-refractivity contribution is -0.136. The normalized spacial score (nSPS) is 9.80. The molecule has 0 bridgehead atoms. The number of thioether (sulfide) groups is 1. The van der Waals surface area contributed by atoms with Gasteiger partial charge < -0.3 is 15.7 Å². The number of urea groups is 1. The highest BCUT2D eigenvalue weighted by molar-refractivity contribution is 7.99. The standard InChI is InChI=1S/C14H18N2O3S/c1-2-8-20-9-7-15-14(19)16-12-6-4-3-5-11(12)10-13(17)18/h2-6H,1,7-10H2,(H,17,18)(H2,15,16,19). The van der Waals surface area contributed by atoms with Crippen LogP contribution < -0.4 is 10.6 Å². The predicted octanol–water partition coefficient (Wildman–Crippen LogP) is 2.35. The molecule has 5 nitrogen and oxygen atoms in total. The van der Waals surface area contributed by atoms with E-state index in [0.717, 1.165) is 11.5 Å². The van der Waals surface area contributed by atoms with Crippen molar-refractivity contribution in [1.82, 2.24) is 5.32 Å². The fourth-order valence-corrected chi connectivity index (χ4v) is 2.11. The fraction of sp³-hybridized carbons (Fsp3) is 0.286. The van der Waals surface area contributed by atoms with E-state index in [0.29, 0.717) is 17.8 Å². The second kappa shape index (κ2) is 9.03. The number of nitrogens with one attached hydrogen (secondary N) is 2. The van der Waals surface area contributed by atoms with Crippen molar-refractivity contribution in [3.05, 3.63) is 42.5 Å². The number of carboxylic acid groups (broad SMARTS) is 1. The first-order valence-corrected chi connectivity index (χ1v) is 7.32. The molecule has 0 aromatic heterocycles. The number of benzene rings is 1. The van der Waals surface area contributed by atoms with Crippen molar-refractivity contribution in [3.63, 3.8) is 0 Å². The number of hydrogen-bond donors (Lipinski definition) is 3. The average Bonchev–Trinajstić information content (AvgIpc) is 2.40. The molecule has 0 aliphatic heterocycles. The van der Waals surface area contributed by atoms with Gasteiger partial charge in [-0.25, -0.2) is 4.79 Å². The molecule has 108 valence electrons. The Morgan fingerprint density at radius 2 is 2.10 bits per heavy atom. The lowest BCUT2D eigenvalue weighted by Gasteiger charge is -2.10. The first kappa shape index (κ1) is 16.1. The summed E-state index contributed by atoms with van der Waals surface area (Å²) in [5.74, 6) is 0.724. The molecule has 0 spiro atoms. The predicted molar refractivity (Wildman–Crippen MR) is 82.3 cm³/mol. The second-order valence-corrected chi connectivity index (χ2v) is 5.12. The molecule has 3 N–H and O–H groups in total. The number of carbonyl (C=O) groups is 2. The third-order valence-corrected chi connectivity index (χ3v) is 3.34. The summed E-state index contributed by atoms with van der Waals surface area (Å²) in [5.41, 5.74) is 1.10. The van der Waals surface area contributed by atoms with Crippen LogP contribution in [0, 0.1) is 0 Å². The van der Waals surface area contributed by atoms with Crippen molar-refractivity contribution >= 4 is 29.4 Å². The molecule has 0 saturated heterocycles. The van der Waals surface area contributed by atoms with Gasteiger partial charge in [0.25, 0.3) is 0 Å². The fourth-order valence-electron chi connectivity index (χ4n) is 1.53. The van der Waals surface area contributed by atoms with E-state index in [1.807, 2.05) is 6.08 Å². The van der Waals surface area contributed by atoms with Gasteiger partial charge in [-0.05, 0) is 11.6 Å². The minimum atomic E-state index is -0.930. The van der Waals surface area contributed by atoms with E-state index in [1.165, 1.54) is 0 Å². The SMILES string of the molecule is C=CCSCCNC(=O)Nc1ccccc1CC(=O)O. The lowest BCUT2D eigenvalue weighted by Crippen LogP contribution is -2.31. The smallest absolute Gasteiger partial charge is 0.319 e. The third kappa shape index (κ3) is 6.29. The van der Waals surface area contributed by atoms with Crippen LogP contribution in [0.4, 0.5) is 10.5 Å². The van der Waals surface area contributed by atoms with Crippen molar-refractivity contribution in [2.24, 2.45) is 0 Å². The number of hydrogen-bond acceptors (Lipinski definition) is 3. The monoisotopic (exact) mass is 294 g/mol. The topological polar surface area (TPSA) is 78.4 Å². The highest BCUT2D eigenvalue weighted by atomic mass is 32.2. The zero-order valence-electron chi connectivity index (χ0n) is 11.1. The molecule has 0 aliphatic carbocycles. The van der Waals surface area contributed by atoms with Crippen LogP contribution in [-0.2, 0) is 11.2 Å². The van der Waals surface area contributed by atoms with E-state index in [1.54, 1.807) is 36.0 Å². The second-order valence-electron chi connectivity index (χ2n) is 3.97. The van der Waals surface area contributed by atoms with Gasteiger partial charge in [0, 0.05) is 23.7 Å². The molecule has 1 aromatic carbocycles. The third-order valence-electron chi connectivity index (χ3n) is 2.37. The highest BCUT2D eigenvalue weighted by Crippen LogP contribution is 2.15. The van der Waals surface area contributed by atoms with Crippen LogP contribution in [0.25, 0.3) is 0 Å². The van der Waals surface area contributed by atoms with E-state index in [2.05, 4.69) is 17.2 Å². The van der Waals surface area contributed by atoms with E-state index < -0.39 is 5.97 Å². The number of amides is 2. The van der Waals surface area contributed by atoms with Gasteiger partial charge in [0.1, 0.15) is 0 Å². The van der Waals surface area contributed by atoms with Crippen molar-refractivity contribution in [2.45, 2.75) is 6.42 Å². The molecule has 0 saturated carbocycles. The van der Waals surface area contributed by atoms with E-state index in [9.17, 15) is 9.59 Å². The van der Waals surface area contributed by atoms with Gasteiger partial charge in [-0.1, -0.05) is 24.3 Å². The molecule has 0 aliphatic rings. The van der Waals surface area contributed by atoms with Gasteiger partial charge in [0.2, 0.25) is 0 Å². The first-order chi connectivity index (χ1) is 9.63. The summed E-state index contributed by atoms with van der Waals surface area (Å²) in [6.07, 6.45) is 1.69. The van der Waals surface area contributed by atoms with Crippen LogP contribution in [0.1, 0.15) is 5.56 Å². The number of carbonyl (C=O) groups excluding carboxylic acids is 1. The molecule has 0 radical (unpaired) electrons. The Hall–Kier alpha value is -1.95. The number of rotatable bonds is 8. The molecule has 1 rings (SSSR count). The van der Waals surface area contributed by atoms with E-state index in [4.69, 9.17) is 5.11 Å². The van der Waals surface area contributed by atoms with Gasteiger partial charge in [-0.15, -0.1) is 6.58 Å². The van der Waals surface area contributed by atoms with Gasteiger partial charge in [-0.2, -0.15) is 11.8 Å². The Balaban J connectivity index is 2.45. The number of para-hydroxylation sites is 1. The quantitative estimate of drug-likeness (QED) is 0.508. The number of carboxylic acids is 1. The van der Waals surface area contributed by atoms with E-state index >= 15 is 0 Å². The molecule has 6 heteroatoms. The average molecular weight is 294 g/mol. The van der Waals surface area contributed by atoms with Gasteiger partial charge in [-0.3, -0.25) is 4.79 Å². The zero-order chi connectivity index (χ0) is 14.8. The van der Waals surface area contributed by atoms with Crippen LogP contribution in [0.15, 0.2) is 36.9 Å². The van der Waals surface area contributed by atoms with Gasteiger partial charge in [0.15, 0.2) is 0 Å². The molecule has 20 heavy (non-hydrogen) atoms. The number of aliphatic carboxylic acids is 1. The summed E-state index contributed by atoms with van der Waals surface area (Å²) in [5, 5.41) is 14.2. The summed E-state index contributed by atoms with van der Waals surface area (Å²) in [4.78, 5) is 22.4. The summed E-state index contributed by atoms with van der Waals surface area (Å²) in [7, 11) is 0. The van der Waals surface area contributed by atoms with Crippen molar-refractivity contribution in [3.8, 4) is 0 Å². The first-order valence-electron chi connectivity index (χ1n) is 6.16. The summed E-state index contributed by atoms with van der Waals surface area (Å²) in [6.45, 7) is 4.16. The zero-order valence-corrected chi connectivity index (χ0v) is 11.9. The maximum Gasteiger partial charge on any atom is 0.319 e. The van der Waals surface area contributed by atoms with Gasteiger partial charge in [0.05, 0.1) is 6.42 Å². The molecule has 0 atom stereocenters. The van der Waals surface area contributed by atoms with Crippen molar-refractivity contribution < 1.29 is 14.7 Å². The van der Waals surface area contributed by atoms with E-state index in [-0.39, 0.29) is 12.5 Å². The largest absolute Gasteiger partial charge is 0.481 e. The molecule has 1 aromatic rings. The minimum absolute atomic E-state index is 0.119.